The second kappa shape index (κ2) is 15.7. The van der Waals surface area contributed by atoms with E-state index in [1.54, 1.807) is 16.3 Å². The van der Waals surface area contributed by atoms with Crippen LogP contribution in [-0.4, -0.2) is 80.2 Å². The fourth-order valence-corrected chi connectivity index (χ4v) is 8.81. The molecule has 3 aromatic rings. The van der Waals surface area contributed by atoms with E-state index in [1.165, 1.54) is 16.2 Å². The molecule has 2 aliphatic heterocycles. The maximum absolute atomic E-state index is 15.0. The van der Waals surface area contributed by atoms with Gasteiger partial charge >= 0.3 is 12.1 Å². The number of aromatic nitrogens is 1. The summed E-state index contributed by atoms with van der Waals surface area (Å²) in [6.07, 6.45) is 0.138. The van der Waals surface area contributed by atoms with Gasteiger partial charge in [0.1, 0.15) is 17.2 Å². The Morgan fingerprint density at radius 3 is 2.38 bits per heavy atom. The number of aliphatic hydroxyl groups is 1. The van der Waals surface area contributed by atoms with Gasteiger partial charge in [0, 0.05) is 48.1 Å². The number of alkyl halides is 3. The Kier molecular flexibility index (Phi) is 11.4. The molecule has 1 aliphatic carbocycles. The molecule has 1 saturated carbocycles. The number of para-hydroxylation sites is 1. The Labute approximate surface area is 310 Å². The van der Waals surface area contributed by atoms with Crippen molar-refractivity contribution in [1.82, 2.24) is 14.8 Å². The average molecular weight is 758 g/mol. The van der Waals surface area contributed by atoms with Crippen LogP contribution in [0.25, 0.3) is 0 Å². The largest absolute Gasteiger partial charge is 0.490 e. The fraction of sp³-hybridized carbons (Fsp3) is 0.538. The van der Waals surface area contributed by atoms with Gasteiger partial charge in [-0.05, 0) is 82.6 Å². The molecule has 2 amide bonds. The summed E-state index contributed by atoms with van der Waals surface area (Å²) in [4.78, 5) is 48.3. The van der Waals surface area contributed by atoms with Crippen molar-refractivity contribution in [2.45, 2.75) is 108 Å². The SMILES string of the molecule is CCC[C@H]1N(C(=O)c2ncccc2C(F)(F)F)CCC[C@@]1(Oc1csc(C)c1)C(=O)N1CCC(O)(c2ccccc2O[C@H]2CC[C@H](C(=O)O)CC2)CC1. The summed E-state index contributed by atoms with van der Waals surface area (Å²) >= 11 is 1.44. The van der Waals surface area contributed by atoms with Crippen LogP contribution in [0.15, 0.2) is 54.0 Å². The number of pyridine rings is 1. The number of hydrogen-bond acceptors (Lipinski definition) is 8. The maximum atomic E-state index is 15.0. The van der Waals surface area contributed by atoms with Crippen molar-refractivity contribution in [3.63, 3.8) is 0 Å². The molecule has 0 bridgehead atoms. The van der Waals surface area contributed by atoms with E-state index < -0.39 is 46.6 Å². The second-order valence-electron chi connectivity index (χ2n) is 14.4. The molecule has 286 valence electrons. The summed E-state index contributed by atoms with van der Waals surface area (Å²) in [5.41, 5.74) is -4.18. The van der Waals surface area contributed by atoms with E-state index in [9.17, 15) is 37.8 Å². The van der Waals surface area contributed by atoms with Gasteiger partial charge in [0.15, 0.2) is 0 Å². The summed E-state index contributed by atoms with van der Waals surface area (Å²) in [5, 5.41) is 23.3. The van der Waals surface area contributed by atoms with E-state index in [2.05, 4.69) is 4.98 Å². The quantitative estimate of drug-likeness (QED) is 0.222. The average Bonchev–Trinajstić information content (AvgIpc) is 3.56. The highest BCUT2D eigenvalue weighted by atomic mass is 32.1. The molecule has 3 aliphatic rings. The lowest BCUT2D eigenvalue weighted by atomic mass is 9.78. The molecule has 0 unspecified atom stereocenters. The summed E-state index contributed by atoms with van der Waals surface area (Å²) in [6.45, 7) is 4.24. The summed E-state index contributed by atoms with van der Waals surface area (Å²) in [5.74, 6) is -1.49. The van der Waals surface area contributed by atoms with Gasteiger partial charge < -0.3 is 29.5 Å². The van der Waals surface area contributed by atoms with Crippen molar-refractivity contribution >= 4 is 29.1 Å². The Balaban J connectivity index is 1.27. The van der Waals surface area contributed by atoms with E-state index in [-0.39, 0.29) is 56.8 Å². The van der Waals surface area contributed by atoms with Crippen LogP contribution in [0, 0.1) is 12.8 Å². The third-order valence-electron chi connectivity index (χ3n) is 11.0. The van der Waals surface area contributed by atoms with Crippen LogP contribution in [0.5, 0.6) is 11.5 Å². The smallest absolute Gasteiger partial charge is 0.418 e. The number of thiophene rings is 1. The molecule has 4 heterocycles. The van der Waals surface area contributed by atoms with Crippen LogP contribution in [-0.2, 0) is 21.4 Å². The Hall–Kier alpha value is -4.17. The lowest BCUT2D eigenvalue weighted by molar-refractivity contribution is -0.163. The topological polar surface area (TPSA) is 130 Å². The number of carboxylic acids is 1. The van der Waals surface area contributed by atoms with Crippen LogP contribution in [0.2, 0.25) is 0 Å². The number of carbonyl (C=O) groups excluding carboxylic acids is 2. The van der Waals surface area contributed by atoms with Gasteiger partial charge in [0.25, 0.3) is 11.8 Å². The van der Waals surface area contributed by atoms with Crippen molar-refractivity contribution < 1.29 is 47.2 Å². The van der Waals surface area contributed by atoms with Crippen LogP contribution in [0.4, 0.5) is 13.2 Å². The van der Waals surface area contributed by atoms with Crippen molar-refractivity contribution in [1.29, 1.82) is 0 Å². The molecule has 2 aromatic heterocycles. The summed E-state index contributed by atoms with van der Waals surface area (Å²) in [7, 11) is 0. The van der Waals surface area contributed by atoms with Gasteiger partial charge in [-0.1, -0.05) is 31.5 Å². The molecular weight excluding hydrogens is 712 g/mol. The van der Waals surface area contributed by atoms with Crippen molar-refractivity contribution in [2.24, 2.45) is 5.92 Å². The highest BCUT2D eigenvalue weighted by molar-refractivity contribution is 7.10. The number of likely N-dealkylation sites (tertiary alicyclic amines) is 2. The molecule has 0 spiro atoms. The number of rotatable bonds is 10. The van der Waals surface area contributed by atoms with Gasteiger partial charge in [0.2, 0.25) is 5.60 Å². The van der Waals surface area contributed by atoms with Crippen molar-refractivity contribution in [3.05, 3.63) is 75.7 Å². The summed E-state index contributed by atoms with van der Waals surface area (Å²) in [6, 6.07) is 10.2. The third-order valence-corrected chi connectivity index (χ3v) is 11.8. The van der Waals surface area contributed by atoms with E-state index in [4.69, 9.17) is 9.47 Å². The second-order valence-corrected chi connectivity index (χ2v) is 15.6. The van der Waals surface area contributed by atoms with E-state index in [0.29, 0.717) is 62.0 Å². The molecule has 3 fully saturated rings. The van der Waals surface area contributed by atoms with Crippen LogP contribution in [0.1, 0.15) is 97.6 Å². The van der Waals surface area contributed by atoms with Crippen LogP contribution >= 0.6 is 11.3 Å². The highest BCUT2D eigenvalue weighted by Crippen LogP contribution is 2.43. The van der Waals surface area contributed by atoms with Gasteiger partial charge in [-0.2, -0.15) is 13.2 Å². The number of halogens is 3. The number of amides is 2. The predicted octanol–water partition coefficient (Wildman–Crippen LogP) is 7.23. The molecular formula is C39H46F3N3O7S. The zero-order valence-corrected chi connectivity index (χ0v) is 30.8. The molecule has 53 heavy (non-hydrogen) atoms. The zero-order chi connectivity index (χ0) is 38.0. The first-order chi connectivity index (χ1) is 25.3. The molecule has 0 radical (unpaired) electrons. The van der Waals surface area contributed by atoms with Gasteiger partial charge in [-0.15, -0.1) is 11.3 Å². The number of aliphatic carboxylic acids is 1. The number of carbonyl (C=O) groups is 3. The van der Waals surface area contributed by atoms with Crippen LogP contribution < -0.4 is 9.47 Å². The minimum Gasteiger partial charge on any atom is -0.490 e. The minimum absolute atomic E-state index is 0.132. The number of ether oxygens (including phenoxy) is 2. The lowest BCUT2D eigenvalue weighted by Crippen LogP contribution is -2.68. The van der Waals surface area contributed by atoms with Crippen LogP contribution in [0.3, 0.4) is 0 Å². The van der Waals surface area contributed by atoms with Crippen molar-refractivity contribution in [2.75, 3.05) is 19.6 Å². The zero-order valence-electron chi connectivity index (χ0n) is 29.9. The first-order valence-corrected chi connectivity index (χ1v) is 19.2. The van der Waals surface area contributed by atoms with Gasteiger partial charge in [-0.25, -0.2) is 0 Å². The Morgan fingerprint density at radius 1 is 1.02 bits per heavy atom. The minimum atomic E-state index is -4.80. The first-order valence-electron chi connectivity index (χ1n) is 18.3. The number of carboxylic acid groups (broad SMARTS) is 1. The van der Waals surface area contributed by atoms with E-state index in [1.807, 2.05) is 38.1 Å². The number of aryl methyl sites for hydroxylation is 1. The molecule has 2 saturated heterocycles. The Bertz CT molecular complexity index is 1790. The van der Waals surface area contributed by atoms with Crippen molar-refractivity contribution in [3.8, 4) is 11.5 Å². The lowest BCUT2D eigenvalue weighted by Gasteiger charge is -2.51. The number of benzene rings is 1. The standard InChI is InChI=1S/C39H46F3N3O7S/c1-3-8-32-38(52-28-23-25(2)53-24-28,16-7-20-45(32)34(46)33-30(39(40,41)42)10-6-19-43-33)36(49)44-21-17-37(50,18-22-44)29-9-4-5-11-31(29)51-27-14-12-26(13-15-27)35(47)48/h4-6,9-11,19,23-24,26-27,32,50H,3,7-8,12-18,20-22H2,1-2H3,(H,47,48)/t26-,27-,32-,38+/m1/s1. The molecule has 10 nitrogen and oxygen atoms in total. The predicted molar refractivity (Wildman–Crippen MR) is 191 cm³/mol. The third kappa shape index (κ3) is 8.03. The monoisotopic (exact) mass is 757 g/mol. The molecule has 2 N–H and O–H groups in total. The first kappa shape index (κ1) is 38.6. The van der Waals surface area contributed by atoms with Gasteiger partial charge in [0.05, 0.1) is 29.2 Å². The molecule has 14 heteroatoms. The fourth-order valence-electron chi connectivity index (χ4n) is 8.21. The number of hydrogen-bond donors (Lipinski definition) is 2. The highest BCUT2D eigenvalue weighted by Gasteiger charge is 2.56. The molecule has 1 aromatic carbocycles. The van der Waals surface area contributed by atoms with E-state index in [0.717, 1.165) is 23.2 Å². The number of piperidine rings is 2. The Morgan fingerprint density at radius 2 is 1.74 bits per heavy atom. The molecule has 2 atom stereocenters. The summed E-state index contributed by atoms with van der Waals surface area (Å²) < 4.78 is 55.2. The molecule has 6 rings (SSSR count). The maximum Gasteiger partial charge on any atom is 0.418 e. The number of nitrogens with zero attached hydrogens (tertiary/aromatic N) is 3. The van der Waals surface area contributed by atoms with E-state index >= 15 is 0 Å². The van der Waals surface area contributed by atoms with Gasteiger partial charge in [-0.3, -0.25) is 19.4 Å². The normalized spacial score (nSPS) is 24.8.